The second-order valence-electron chi connectivity index (χ2n) is 4.03. The number of nitrogens with zero attached hydrogens (tertiary/aromatic N) is 4. The van der Waals surface area contributed by atoms with Gasteiger partial charge < -0.3 is 10.6 Å². The molecule has 0 spiro atoms. The molecule has 1 amide bonds. The average Bonchev–Trinajstić information content (AvgIpc) is 2.96. The summed E-state index contributed by atoms with van der Waals surface area (Å²) in [7, 11) is 0. The van der Waals surface area contributed by atoms with Crippen LogP contribution in [-0.2, 0) is 11.3 Å². The van der Waals surface area contributed by atoms with Gasteiger partial charge in [0, 0.05) is 25.6 Å². The van der Waals surface area contributed by atoms with Crippen molar-refractivity contribution < 1.29 is 4.79 Å². The van der Waals surface area contributed by atoms with Crippen molar-refractivity contribution in [2.24, 2.45) is 5.73 Å². The molecule has 1 aliphatic heterocycles. The minimum atomic E-state index is 0.170. The quantitative estimate of drug-likeness (QED) is 0.754. The van der Waals surface area contributed by atoms with Crippen LogP contribution in [0, 0.1) is 0 Å². The number of likely N-dealkylation sites (tertiary alicyclic amines) is 1. The molecule has 1 fully saturated rings. The highest BCUT2D eigenvalue weighted by atomic mass is 16.2. The van der Waals surface area contributed by atoms with Crippen molar-refractivity contribution in [2.75, 3.05) is 13.1 Å². The van der Waals surface area contributed by atoms with Gasteiger partial charge in [-0.25, -0.2) is 4.98 Å². The van der Waals surface area contributed by atoms with Crippen LogP contribution in [0.1, 0.15) is 19.3 Å². The summed E-state index contributed by atoms with van der Waals surface area (Å²) in [4.78, 5) is 17.7. The van der Waals surface area contributed by atoms with E-state index in [0.717, 1.165) is 19.4 Å². The van der Waals surface area contributed by atoms with Gasteiger partial charge in [0.25, 0.3) is 0 Å². The molecule has 1 atom stereocenters. The third-order valence-corrected chi connectivity index (χ3v) is 2.99. The van der Waals surface area contributed by atoms with Crippen LogP contribution in [0.25, 0.3) is 0 Å². The third kappa shape index (κ3) is 2.38. The molecule has 1 aromatic heterocycles. The Morgan fingerprint density at radius 3 is 3.12 bits per heavy atom. The molecule has 1 aromatic rings. The van der Waals surface area contributed by atoms with Gasteiger partial charge in [0.15, 0.2) is 0 Å². The summed E-state index contributed by atoms with van der Waals surface area (Å²) in [5, 5.41) is 3.96. The molecular weight excluding hydrogens is 206 g/mol. The van der Waals surface area contributed by atoms with Crippen LogP contribution in [0.2, 0.25) is 0 Å². The van der Waals surface area contributed by atoms with E-state index in [0.29, 0.717) is 19.5 Å². The second kappa shape index (κ2) is 5.07. The maximum Gasteiger partial charge on any atom is 0.224 e. The first kappa shape index (κ1) is 11.1. The monoisotopic (exact) mass is 223 g/mol. The van der Waals surface area contributed by atoms with Crippen LogP contribution in [0.5, 0.6) is 0 Å². The molecule has 0 aliphatic carbocycles. The van der Waals surface area contributed by atoms with E-state index < -0.39 is 0 Å². The number of hydrogen-bond donors (Lipinski definition) is 1. The Hall–Kier alpha value is -1.43. The number of carbonyl (C=O) groups excluding carboxylic acids is 1. The van der Waals surface area contributed by atoms with E-state index in [1.807, 2.05) is 4.90 Å². The smallest absolute Gasteiger partial charge is 0.224 e. The molecule has 2 rings (SSSR count). The second-order valence-corrected chi connectivity index (χ2v) is 4.03. The lowest BCUT2D eigenvalue weighted by molar-refractivity contribution is -0.132. The minimum Gasteiger partial charge on any atom is -0.338 e. The number of aromatic nitrogens is 3. The van der Waals surface area contributed by atoms with Crippen molar-refractivity contribution in [2.45, 2.75) is 31.8 Å². The first-order chi connectivity index (χ1) is 7.81. The summed E-state index contributed by atoms with van der Waals surface area (Å²) >= 11 is 0. The number of rotatable bonds is 4. The largest absolute Gasteiger partial charge is 0.338 e. The van der Waals surface area contributed by atoms with E-state index in [-0.39, 0.29) is 11.9 Å². The Balaban J connectivity index is 1.83. The van der Waals surface area contributed by atoms with Gasteiger partial charge in [0.1, 0.15) is 12.7 Å². The molecule has 16 heavy (non-hydrogen) atoms. The first-order valence-corrected chi connectivity index (χ1v) is 5.63. The maximum atomic E-state index is 11.9. The van der Waals surface area contributed by atoms with Gasteiger partial charge in [-0.15, -0.1) is 0 Å². The number of hydrogen-bond acceptors (Lipinski definition) is 4. The van der Waals surface area contributed by atoms with Crippen molar-refractivity contribution in [1.29, 1.82) is 0 Å². The van der Waals surface area contributed by atoms with Gasteiger partial charge in [-0.3, -0.25) is 9.48 Å². The van der Waals surface area contributed by atoms with E-state index in [2.05, 4.69) is 10.1 Å². The van der Waals surface area contributed by atoms with Gasteiger partial charge in [0.05, 0.1) is 6.54 Å². The molecular formula is C10H17N5O. The first-order valence-electron chi connectivity index (χ1n) is 5.63. The van der Waals surface area contributed by atoms with Crippen LogP contribution >= 0.6 is 0 Å². The van der Waals surface area contributed by atoms with Crippen molar-refractivity contribution >= 4 is 5.91 Å². The number of amides is 1. The molecule has 1 unspecified atom stereocenters. The standard InChI is InChI=1S/C10H17N5O/c11-6-9-2-1-4-15(9)10(16)3-5-14-8-12-7-13-14/h7-9H,1-6,11H2. The van der Waals surface area contributed by atoms with Crippen LogP contribution in [-0.4, -0.2) is 44.7 Å². The van der Waals surface area contributed by atoms with Crippen LogP contribution in [0.15, 0.2) is 12.7 Å². The summed E-state index contributed by atoms with van der Waals surface area (Å²) in [5.74, 6) is 0.170. The molecule has 1 saturated heterocycles. The normalized spacial score (nSPS) is 20.3. The SMILES string of the molecule is NCC1CCCN1C(=O)CCn1cncn1. The van der Waals surface area contributed by atoms with Crippen molar-refractivity contribution in [3.8, 4) is 0 Å². The third-order valence-electron chi connectivity index (χ3n) is 2.99. The minimum absolute atomic E-state index is 0.170. The fraction of sp³-hybridized carbons (Fsp3) is 0.700. The van der Waals surface area contributed by atoms with E-state index >= 15 is 0 Å². The molecule has 0 radical (unpaired) electrons. The van der Waals surface area contributed by atoms with E-state index in [9.17, 15) is 4.79 Å². The zero-order valence-corrected chi connectivity index (χ0v) is 9.25. The van der Waals surface area contributed by atoms with Crippen molar-refractivity contribution in [3.63, 3.8) is 0 Å². The summed E-state index contributed by atoms with van der Waals surface area (Å²) in [6, 6.07) is 0.239. The van der Waals surface area contributed by atoms with E-state index in [1.54, 1.807) is 11.0 Å². The van der Waals surface area contributed by atoms with Crippen LogP contribution < -0.4 is 5.73 Å². The van der Waals surface area contributed by atoms with E-state index in [4.69, 9.17) is 5.73 Å². The lowest BCUT2D eigenvalue weighted by Crippen LogP contribution is -2.40. The predicted molar refractivity (Wildman–Crippen MR) is 58.4 cm³/mol. The average molecular weight is 223 g/mol. The van der Waals surface area contributed by atoms with Crippen molar-refractivity contribution in [3.05, 3.63) is 12.7 Å². The summed E-state index contributed by atoms with van der Waals surface area (Å²) in [6.07, 6.45) is 5.67. The zero-order valence-electron chi connectivity index (χ0n) is 9.25. The van der Waals surface area contributed by atoms with Gasteiger partial charge in [0.2, 0.25) is 5.91 Å². The molecule has 0 saturated carbocycles. The lowest BCUT2D eigenvalue weighted by Gasteiger charge is -2.23. The summed E-state index contributed by atoms with van der Waals surface area (Å²) in [6.45, 7) is 2.00. The van der Waals surface area contributed by atoms with Gasteiger partial charge >= 0.3 is 0 Å². The lowest BCUT2D eigenvalue weighted by atomic mass is 10.2. The number of nitrogens with two attached hydrogens (primary N) is 1. The van der Waals surface area contributed by atoms with Crippen LogP contribution in [0.3, 0.4) is 0 Å². The Morgan fingerprint density at radius 2 is 2.44 bits per heavy atom. The Morgan fingerprint density at radius 1 is 1.56 bits per heavy atom. The molecule has 1 aliphatic rings. The zero-order chi connectivity index (χ0) is 11.4. The Labute approximate surface area is 94.4 Å². The fourth-order valence-corrected chi connectivity index (χ4v) is 2.11. The van der Waals surface area contributed by atoms with Gasteiger partial charge in [-0.2, -0.15) is 5.10 Å². The molecule has 88 valence electrons. The molecule has 2 heterocycles. The summed E-state index contributed by atoms with van der Waals surface area (Å²) in [5.41, 5.74) is 5.63. The fourth-order valence-electron chi connectivity index (χ4n) is 2.11. The maximum absolute atomic E-state index is 11.9. The highest BCUT2D eigenvalue weighted by molar-refractivity contribution is 5.76. The van der Waals surface area contributed by atoms with Gasteiger partial charge in [-0.05, 0) is 12.8 Å². The van der Waals surface area contributed by atoms with Gasteiger partial charge in [-0.1, -0.05) is 0 Å². The molecule has 6 heteroatoms. The highest BCUT2D eigenvalue weighted by Gasteiger charge is 2.26. The summed E-state index contributed by atoms with van der Waals surface area (Å²) < 4.78 is 1.67. The Kier molecular flexibility index (Phi) is 3.51. The molecule has 0 aromatic carbocycles. The molecule has 0 bridgehead atoms. The van der Waals surface area contributed by atoms with Crippen LogP contribution in [0.4, 0.5) is 0 Å². The molecule has 2 N–H and O–H groups in total. The number of carbonyl (C=O) groups is 1. The molecule has 6 nitrogen and oxygen atoms in total. The Bertz CT molecular complexity index is 337. The van der Waals surface area contributed by atoms with E-state index in [1.165, 1.54) is 6.33 Å². The topological polar surface area (TPSA) is 77.0 Å². The number of aryl methyl sites for hydroxylation is 1. The highest BCUT2D eigenvalue weighted by Crippen LogP contribution is 2.17. The predicted octanol–water partition coefficient (Wildman–Crippen LogP) is -0.382. The van der Waals surface area contributed by atoms with Crippen molar-refractivity contribution in [1.82, 2.24) is 19.7 Å².